The van der Waals surface area contributed by atoms with Crippen molar-refractivity contribution in [3.05, 3.63) is 29.8 Å². The van der Waals surface area contributed by atoms with Gasteiger partial charge in [-0.1, -0.05) is 38.1 Å². The Labute approximate surface area is 121 Å². The second-order valence-corrected chi connectivity index (χ2v) is 5.68. The molecule has 0 saturated heterocycles. The molecule has 0 aliphatic heterocycles. The minimum atomic E-state index is -0.267. The van der Waals surface area contributed by atoms with Crippen LogP contribution in [0.4, 0.5) is 0 Å². The van der Waals surface area contributed by atoms with Gasteiger partial charge in [0.25, 0.3) is 0 Å². The quantitative estimate of drug-likeness (QED) is 0.251. The van der Waals surface area contributed by atoms with E-state index < -0.39 is 0 Å². The van der Waals surface area contributed by atoms with Gasteiger partial charge in [0.2, 0.25) is 0 Å². The van der Waals surface area contributed by atoms with E-state index in [9.17, 15) is 0 Å². The van der Waals surface area contributed by atoms with Gasteiger partial charge in [-0.2, -0.15) is 0 Å². The van der Waals surface area contributed by atoms with Crippen molar-refractivity contribution in [3.8, 4) is 5.75 Å². The normalized spacial score (nSPS) is 12.4. The molecule has 3 N–H and O–H groups in total. The first kappa shape index (κ1) is 16.3. The molecule has 0 atom stereocenters. The summed E-state index contributed by atoms with van der Waals surface area (Å²) in [4.78, 5) is 0. The number of nitrogens with zero attached hydrogens (tertiary/aromatic N) is 1. The van der Waals surface area contributed by atoms with Gasteiger partial charge in [-0.25, -0.2) is 0 Å². The fraction of sp³-hybridized carbons (Fsp3) is 0.562. The molecule has 4 nitrogen and oxygen atoms in total. The predicted octanol–water partition coefficient (Wildman–Crippen LogP) is 3.57. The lowest BCUT2D eigenvalue weighted by Crippen LogP contribution is -2.31. The highest BCUT2D eigenvalue weighted by molar-refractivity contribution is 5.85. The number of rotatable bonds is 8. The van der Waals surface area contributed by atoms with E-state index in [0.717, 1.165) is 31.4 Å². The largest absolute Gasteiger partial charge is 0.494 e. The number of hydrogen-bond donors (Lipinski definition) is 2. The van der Waals surface area contributed by atoms with Crippen LogP contribution in [-0.4, -0.2) is 17.6 Å². The van der Waals surface area contributed by atoms with Gasteiger partial charge < -0.3 is 15.7 Å². The van der Waals surface area contributed by atoms with Crippen LogP contribution in [0.2, 0.25) is 0 Å². The van der Waals surface area contributed by atoms with Gasteiger partial charge in [0.1, 0.15) is 11.6 Å². The standard InChI is InChI=1S/C16H26N2O2/c1-4-13-8-7-9-14(12-13)20-11-6-5-10-16(2,3)15(17)18-19/h7-9,12,19H,4-6,10-11H2,1-3H3,(H2,17,18). The van der Waals surface area contributed by atoms with E-state index in [-0.39, 0.29) is 11.3 Å². The molecule has 1 rings (SSSR count). The topological polar surface area (TPSA) is 67.8 Å². The van der Waals surface area contributed by atoms with Crippen LogP contribution in [0.5, 0.6) is 5.75 Å². The number of amidine groups is 1. The van der Waals surface area contributed by atoms with E-state index in [0.29, 0.717) is 6.61 Å². The minimum Gasteiger partial charge on any atom is -0.494 e. The highest BCUT2D eigenvalue weighted by Crippen LogP contribution is 2.23. The summed E-state index contributed by atoms with van der Waals surface area (Å²) in [7, 11) is 0. The van der Waals surface area contributed by atoms with Gasteiger partial charge in [-0.05, 0) is 43.4 Å². The first-order valence-electron chi connectivity index (χ1n) is 7.19. The zero-order valence-corrected chi connectivity index (χ0v) is 12.7. The number of benzene rings is 1. The van der Waals surface area contributed by atoms with Gasteiger partial charge in [-0.3, -0.25) is 0 Å². The van der Waals surface area contributed by atoms with Crippen LogP contribution in [0.25, 0.3) is 0 Å². The first-order chi connectivity index (χ1) is 9.49. The van der Waals surface area contributed by atoms with Crippen LogP contribution < -0.4 is 10.5 Å². The average Bonchev–Trinajstić information content (AvgIpc) is 2.46. The predicted molar refractivity (Wildman–Crippen MR) is 82.4 cm³/mol. The van der Waals surface area contributed by atoms with E-state index in [1.54, 1.807) is 0 Å². The average molecular weight is 278 g/mol. The Balaban J connectivity index is 2.28. The maximum atomic E-state index is 8.71. The van der Waals surface area contributed by atoms with Crippen molar-refractivity contribution in [2.24, 2.45) is 16.3 Å². The van der Waals surface area contributed by atoms with Gasteiger partial charge in [-0.15, -0.1) is 0 Å². The number of nitrogens with two attached hydrogens (primary N) is 1. The molecule has 1 aromatic carbocycles. The first-order valence-corrected chi connectivity index (χ1v) is 7.19. The summed E-state index contributed by atoms with van der Waals surface area (Å²) in [6.07, 6.45) is 3.83. The lowest BCUT2D eigenvalue weighted by Gasteiger charge is -2.22. The van der Waals surface area contributed by atoms with E-state index in [1.165, 1.54) is 5.56 Å². The van der Waals surface area contributed by atoms with E-state index >= 15 is 0 Å². The van der Waals surface area contributed by atoms with Crippen molar-refractivity contribution in [1.29, 1.82) is 0 Å². The lowest BCUT2D eigenvalue weighted by atomic mass is 9.86. The summed E-state index contributed by atoms with van der Waals surface area (Å²) in [6, 6.07) is 8.20. The van der Waals surface area contributed by atoms with Crippen LogP contribution in [0.15, 0.2) is 29.4 Å². The molecular formula is C16H26N2O2. The number of hydrogen-bond acceptors (Lipinski definition) is 3. The van der Waals surface area contributed by atoms with Crippen LogP contribution in [0.1, 0.15) is 45.6 Å². The summed E-state index contributed by atoms with van der Waals surface area (Å²) in [5.41, 5.74) is 6.68. The Morgan fingerprint density at radius 2 is 2.10 bits per heavy atom. The van der Waals surface area contributed by atoms with Crippen molar-refractivity contribution >= 4 is 5.84 Å². The molecule has 112 valence electrons. The van der Waals surface area contributed by atoms with Crippen molar-refractivity contribution in [3.63, 3.8) is 0 Å². The number of oxime groups is 1. The summed E-state index contributed by atoms with van der Waals surface area (Å²) >= 11 is 0. The third-order valence-electron chi connectivity index (χ3n) is 3.57. The molecule has 0 bridgehead atoms. The van der Waals surface area contributed by atoms with Crippen molar-refractivity contribution in [2.45, 2.75) is 46.5 Å². The molecule has 0 heterocycles. The van der Waals surface area contributed by atoms with Crippen molar-refractivity contribution < 1.29 is 9.94 Å². The fourth-order valence-electron chi connectivity index (χ4n) is 1.98. The Morgan fingerprint density at radius 3 is 2.75 bits per heavy atom. The highest BCUT2D eigenvalue weighted by atomic mass is 16.5. The van der Waals surface area contributed by atoms with Gasteiger partial charge in [0.15, 0.2) is 0 Å². The van der Waals surface area contributed by atoms with E-state index in [2.05, 4.69) is 24.2 Å². The van der Waals surface area contributed by atoms with Crippen molar-refractivity contribution in [2.75, 3.05) is 6.61 Å². The molecule has 1 aromatic rings. The van der Waals surface area contributed by atoms with E-state index in [4.69, 9.17) is 15.7 Å². The molecule has 0 amide bonds. The molecule has 0 spiro atoms. The second kappa shape index (κ2) is 7.78. The molecule has 0 aromatic heterocycles. The van der Waals surface area contributed by atoms with E-state index in [1.807, 2.05) is 26.0 Å². The lowest BCUT2D eigenvalue weighted by molar-refractivity contribution is 0.288. The summed E-state index contributed by atoms with van der Waals surface area (Å²) in [6.45, 7) is 6.79. The zero-order valence-electron chi connectivity index (χ0n) is 12.7. The molecule has 0 saturated carbocycles. The molecule has 4 heteroatoms. The molecule has 0 fully saturated rings. The third-order valence-corrected chi connectivity index (χ3v) is 3.57. The maximum absolute atomic E-state index is 8.71. The number of ether oxygens (including phenoxy) is 1. The zero-order chi connectivity index (χ0) is 15.0. The molecule has 20 heavy (non-hydrogen) atoms. The van der Waals surface area contributed by atoms with Gasteiger partial charge >= 0.3 is 0 Å². The minimum absolute atomic E-state index is 0.267. The molecule has 0 aliphatic rings. The van der Waals surface area contributed by atoms with Crippen LogP contribution >= 0.6 is 0 Å². The second-order valence-electron chi connectivity index (χ2n) is 5.68. The van der Waals surface area contributed by atoms with Crippen LogP contribution in [0.3, 0.4) is 0 Å². The van der Waals surface area contributed by atoms with Crippen molar-refractivity contribution in [1.82, 2.24) is 0 Å². The summed E-state index contributed by atoms with van der Waals surface area (Å²) in [5.74, 6) is 1.22. The third kappa shape index (κ3) is 5.11. The smallest absolute Gasteiger partial charge is 0.144 e. The monoisotopic (exact) mass is 278 g/mol. The highest BCUT2D eigenvalue weighted by Gasteiger charge is 2.22. The fourth-order valence-corrected chi connectivity index (χ4v) is 1.98. The Morgan fingerprint density at radius 1 is 1.35 bits per heavy atom. The number of unbranched alkanes of at least 4 members (excludes halogenated alkanes) is 1. The van der Waals surface area contributed by atoms with Crippen LogP contribution in [0, 0.1) is 5.41 Å². The molecule has 0 radical (unpaired) electrons. The number of aryl methyl sites for hydroxylation is 1. The Bertz CT molecular complexity index is 442. The SMILES string of the molecule is CCc1cccc(OCCCCC(C)(C)/C(N)=N/O)c1. The summed E-state index contributed by atoms with van der Waals surface area (Å²) < 4.78 is 5.74. The Kier molecular flexibility index (Phi) is 6.36. The van der Waals surface area contributed by atoms with Gasteiger partial charge in [0.05, 0.1) is 6.61 Å². The summed E-state index contributed by atoms with van der Waals surface area (Å²) in [5, 5.41) is 11.8. The maximum Gasteiger partial charge on any atom is 0.144 e. The molecular weight excluding hydrogens is 252 g/mol. The Hall–Kier alpha value is -1.71. The van der Waals surface area contributed by atoms with Gasteiger partial charge in [0, 0.05) is 5.41 Å². The molecule has 0 unspecified atom stereocenters. The van der Waals surface area contributed by atoms with Crippen LogP contribution in [-0.2, 0) is 6.42 Å². The molecule has 0 aliphatic carbocycles.